The van der Waals surface area contributed by atoms with Gasteiger partial charge in [0.05, 0.1) is 5.41 Å². The van der Waals surface area contributed by atoms with E-state index in [4.69, 9.17) is 5.11 Å². The van der Waals surface area contributed by atoms with Crippen LogP contribution in [0.25, 0.3) is 6.08 Å². The maximum Gasteiger partial charge on any atom is 0.309 e. The molecule has 1 aromatic rings. The zero-order valence-electron chi connectivity index (χ0n) is 12.0. The SMILES string of the molecule is CC1(C(=O)O)CCN(C(=O)C=Cc2ccc(O)cc2)CC1. The lowest BCUT2D eigenvalue weighted by Crippen LogP contribution is -2.44. The molecule has 0 radical (unpaired) electrons. The molecule has 0 aliphatic carbocycles. The molecule has 1 fully saturated rings. The third kappa shape index (κ3) is 3.62. The summed E-state index contributed by atoms with van der Waals surface area (Å²) in [5.41, 5.74) is 0.103. The Balaban J connectivity index is 1.93. The van der Waals surface area contributed by atoms with Crippen LogP contribution in [0.4, 0.5) is 0 Å². The highest BCUT2D eigenvalue weighted by molar-refractivity contribution is 5.92. The quantitative estimate of drug-likeness (QED) is 0.835. The highest BCUT2D eigenvalue weighted by Crippen LogP contribution is 2.31. The number of carboxylic acid groups (broad SMARTS) is 1. The number of hydrogen-bond acceptors (Lipinski definition) is 3. The molecule has 0 unspecified atom stereocenters. The number of likely N-dealkylation sites (tertiary alicyclic amines) is 1. The first kappa shape index (κ1) is 15.1. The molecular formula is C16H19NO4. The van der Waals surface area contributed by atoms with E-state index in [0.29, 0.717) is 25.9 Å². The molecule has 1 heterocycles. The highest BCUT2D eigenvalue weighted by Gasteiger charge is 2.37. The predicted octanol–water partition coefficient (Wildman–Crippen LogP) is 2.12. The summed E-state index contributed by atoms with van der Waals surface area (Å²) in [4.78, 5) is 24.9. The summed E-state index contributed by atoms with van der Waals surface area (Å²) in [6.45, 7) is 2.65. The Morgan fingerprint density at radius 1 is 1.19 bits per heavy atom. The first-order valence-corrected chi connectivity index (χ1v) is 6.90. The molecule has 0 spiro atoms. The molecule has 0 bridgehead atoms. The molecule has 2 N–H and O–H groups in total. The van der Waals surface area contributed by atoms with Crippen molar-refractivity contribution in [3.8, 4) is 5.75 Å². The summed E-state index contributed by atoms with van der Waals surface area (Å²) in [6, 6.07) is 6.56. The van der Waals surface area contributed by atoms with Crippen molar-refractivity contribution in [2.24, 2.45) is 5.41 Å². The monoisotopic (exact) mass is 289 g/mol. The Bertz CT molecular complexity index is 554. The van der Waals surface area contributed by atoms with Gasteiger partial charge in [-0.15, -0.1) is 0 Å². The molecule has 5 nitrogen and oxygen atoms in total. The van der Waals surface area contributed by atoms with E-state index in [9.17, 15) is 14.7 Å². The second-order valence-electron chi connectivity index (χ2n) is 5.62. The number of phenols is 1. The zero-order chi connectivity index (χ0) is 15.5. The third-order valence-electron chi connectivity index (χ3n) is 4.01. The fourth-order valence-corrected chi connectivity index (χ4v) is 2.29. The molecule has 1 aliphatic heterocycles. The van der Waals surface area contributed by atoms with Gasteiger partial charge in [-0.05, 0) is 43.5 Å². The van der Waals surface area contributed by atoms with Crippen LogP contribution in [-0.2, 0) is 9.59 Å². The van der Waals surface area contributed by atoms with Crippen molar-refractivity contribution in [2.75, 3.05) is 13.1 Å². The summed E-state index contributed by atoms with van der Waals surface area (Å²) in [6.07, 6.45) is 4.12. The van der Waals surface area contributed by atoms with E-state index in [2.05, 4.69) is 0 Å². The fraction of sp³-hybridized carbons (Fsp3) is 0.375. The summed E-state index contributed by atoms with van der Waals surface area (Å²) in [5.74, 6) is -0.729. The standard InChI is InChI=1S/C16H19NO4/c1-16(15(20)21)8-10-17(11-9-16)14(19)7-4-12-2-5-13(18)6-3-12/h2-7,18H,8-11H2,1H3,(H,20,21). The smallest absolute Gasteiger partial charge is 0.309 e. The molecular weight excluding hydrogens is 270 g/mol. The molecule has 1 aromatic carbocycles. The van der Waals surface area contributed by atoms with Crippen LogP contribution in [0.5, 0.6) is 5.75 Å². The van der Waals surface area contributed by atoms with Crippen LogP contribution in [0.15, 0.2) is 30.3 Å². The molecule has 0 aromatic heterocycles. The van der Waals surface area contributed by atoms with E-state index >= 15 is 0 Å². The number of aliphatic carboxylic acids is 1. The number of aromatic hydroxyl groups is 1. The number of carbonyl (C=O) groups excluding carboxylic acids is 1. The van der Waals surface area contributed by atoms with Crippen LogP contribution in [0.1, 0.15) is 25.3 Å². The number of hydrogen-bond donors (Lipinski definition) is 2. The van der Waals surface area contributed by atoms with E-state index in [1.54, 1.807) is 42.2 Å². The van der Waals surface area contributed by atoms with Gasteiger partial charge in [0.1, 0.15) is 5.75 Å². The van der Waals surface area contributed by atoms with Gasteiger partial charge in [-0.2, -0.15) is 0 Å². The third-order valence-corrected chi connectivity index (χ3v) is 4.01. The van der Waals surface area contributed by atoms with Crippen LogP contribution in [0.3, 0.4) is 0 Å². The van der Waals surface area contributed by atoms with Crippen LogP contribution in [0.2, 0.25) is 0 Å². The summed E-state index contributed by atoms with van der Waals surface area (Å²) in [5, 5.41) is 18.3. The minimum Gasteiger partial charge on any atom is -0.508 e. The largest absolute Gasteiger partial charge is 0.508 e. The Hall–Kier alpha value is -2.30. The number of piperidine rings is 1. The second kappa shape index (κ2) is 5.99. The first-order valence-electron chi connectivity index (χ1n) is 6.90. The van der Waals surface area contributed by atoms with E-state index in [-0.39, 0.29) is 11.7 Å². The van der Waals surface area contributed by atoms with Gasteiger partial charge in [-0.25, -0.2) is 0 Å². The average molecular weight is 289 g/mol. The number of benzene rings is 1. The van der Waals surface area contributed by atoms with Crippen molar-refractivity contribution >= 4 is 18.0 Å². The van der Waals surface area contributed by atoms with Gasteiger partial charge in [0, 0.05) is 19.2 Å². The lowest BCUT2D eigenvalue weighted by Gasteiger charge is -2.35. The highest BCUT2D eigenvalue weighted by atomic mass is 16.4. The van der Waals surface area contributed by atoms with Crippen LogP contribution >= 0.6 is 0 Å². The molecule has 5 heteroatoms. The lowest BCUT2D eigenvalue weighted by atomic mass is 9.80. The van der Waals surface area contributed by atoms with E-state index < -0.39 is 11.4 Å². The Morgan fingerprint density at radius 3 is 2.29 bits per heavy atom. The maximum absolute atomic E-state index is 12.1. The van der Waals surface area contributed by atoms with Crippen molar-refractivity contribution in [2.45, 2.75) is 19.8 Å². The molecule has 21 heavy (non-hydrogen) atoms. The van der Waals surface area contributed by atoms with Crippen molar-refractivity contribution in [1.82, 2.24) is 4.90 Å². The number of rotatable bonds is 3. The fourth-order valence-electron chi connectivity index (χ4n) is 2.29. The summed E-state index contributed by atoms with van der Waals surface area (Å²) >= 11 is 0. The number of phenolic OH excluding ortho intramolecular Hbond substituents is 1. The van der Waals surface area contributed by atoms with E-state index in [1.807, 2.05) is 0 Å². The van der Waals surface area contributed by atoms with Gasteiger partial charge in [0.2, 0.25) is 5.91 Å². The molecule has 1 amide bonds. The van der Waals surface area contributed by atoms with Crippen LogP contribution < -0.4 is 0 Å². The normalized spacial score (nSPS) is 17.9. The first-order chi connectivity index (χ1) is 9.90. The lowest BCUT2D eigenvalue weighted by molar-refractivity contribution is -0.152. The molecule has 1 saturated heterocycles. The van der Waals surface area contributed by atoms with Gasteiger partial charge < -0.3 is 15.1 Å². The van der Waals surface area contributed by atoms with Gasteiger partial charge in [-0.3, -0.25) is 9.59 Å². The Kier molecular flexibility index (Phi) is 4.31. The van der Waals surface area contributed by atoms with Gasteiger partial charge in [0.15, 0.2) is 0 Å². The summed E-state index contributed by atoms with van der Waals surface area (Å²) in [7, 11) is 0. The van der Waals surface area contributed by atoms with Crippen molar-refractivity contribution in [3.63, 3.8) is 0 Å². The molecule has 0 atom stereocenters. The number of amides is 1. The van der Waals surface area contributed by atoms with Gasteiger partial charge >= 0.3 is 5.97 Å². The van der Waals surface area contributed by atoms with Crippen molar-refractivity contribution in [1.29, 1.82) is 0 Å². The van der Waals surface area contributed by atoms with E-state index in [1.165, 1.54) is 6.08 Å². The van der Waals surface area contributed by atoms with Crippen molar-refractivity contribution in [3.05, 3.63) is 35.9 Å². The van der Waals surface area contributed by atoms with Crippen LogP contribution in [-0.4, -0.2) is 40.1 Å². The maximum atomic E-state index is 12.1. The van der Waals surface area contributed by atoms with Gasteiger partial charge in [-0.1, -0.05) is 12.1 Å². The zero-order valence-corrected chi connectivity index (χ0v) is 12.0. The minimum absolute atomic E-state index is 0.115. The predicted molar refractivity (Wildman–Crippen MR) is 78.7 cm³/mol. The molecule has 2 rings (SSSR count). The van der Waals surface area contributed by atoms with Gasteiger partial charge in [0.25, 0.3) is 0 Å². The summed E-state index contributed by atoms with van der Waals surface area (Å²) < 4.78 is 0. The topological polar surface area (TPSA) is 77.8 Å². The number of nitrogens with zero attached hydrogens (tertiary/aromatic N) is 1. The number of carboxylic acids is 1. The molecule has 112 valence electrons. The van der Waals surface area contributed by atoms with Crippen LogP contribution in [0, 0.1) is 5.41 Å². The Labute approximate surface area is 123 Å². The number of carbonyl (C=O) groups is 2. The average Bonchev–Trinajstić information content (AvgIpc) is 2.47. The molecule has 1 aliphatic rings. The minimum atomic E-state index is -0.797. The Morgan fingerprint density at radius 2 is 1.76 bits per heavy atom. The molecule has 0 saturated carbocycles. The van der Waals surface area contributed by atoms with E-state index in [0.717, 1.165) is 5.56 Å². The van der Waals surface area contributed by atoms with Crippen molar-refractivity contribution < 1.29 is 19.8 Å². The second-order valence-corrected chi connectivity index (χ2v) is 5.62.